The SMILES string of the molecule is CCCCN1C(=O)CC[C@@H](C(=O)O[C@@H](C)C(=O)NC(N)=O)[C@H]1c1ccc(OC)cc1. The number of carbonyl (C=O) groups excluding carboxylic acids is 4. The number of nitrogens with two attached hydrogens (primary N) is 1. The van der Waals surface area contributed by atoms with E-state index in [9.17, 15) is 19.2 Å². The molecule has 9 heteroatoms. The molecule has 1 aliphatic rings. The Morgan fingerprint density at radius 2 is 1.93 bits per heavy atom. The van der Waals surface area contributed by atoms with Gasteiger partial charge in [0.05, 0.1) is 19.1 Å². The summed E-state index contributed by atoms with van der Waals surface area (Å²) in [7, 11) is 1.56. The molecule has 0 saturated carbocycles. The molecule has 9 nitrogen and oxygen atoms in total. The minimum Gasteiger partial charge on any atom is -0.497 e. The van der Waals surface area contributed by atoms with E-state index in [1.54, 1.807) is 24.1 Å². The first-order valence-electron chi connectivity index (χ1n) is 10.0. The normalized spacial score (nSPS) is 19.7. The van der Waals surface area contributed by atoms with E-state index in [2.05, 4.69) is 0 Å². The van der Waals surface area contributed by atoms with Crippen LogP contribution in [0.3, 0.4) is 0 Å². The number of nitrogens with one attached hydrogen (secondary N) is 1. The van der Waals surface area contributed by atoms with Gasteiger partial charge < -0.3 is 20.1 Å². The molecule has 4 amide bonds. The molecule has 30 heavy (non-hydrogen) atoms. The summed E-state index contributed by atoms with van der Waals surface area (Å²) in [6.45, 7) is 3.91. The highest BCUT2D eigenvalue weighted by atomic mass is 16.5. The molecule has 3 N–H and O–H groups in total. The van der Waals surface area contributed by atoms with Gasteiger partial charge in [-0.15, -0.1) is 0 Å². The van der Waals surface area contributed by atoms with Crippen molar-refractivity contribution in [3.8, 4) is 5.75 Å². The van der Waals surface area contributed by atoms with Gasteiger partial charge in [-0.2, -0.15) is 0 Å². The van der Waals surface area contributed by atoms with Gasteiger partial charge in [0.2, 0.25) is 5.91 Å². The van der Waals surface area contributed by atoms with Gasteiger partial charge >= 0.3 is 12.0 Å². The lowest BCUT2D eigenvalue weighted by atomic mass is 9.84. The van der Waals surface area contributed by atoms with Gasteiger partial charge in [-0.05, 0) is 37.5 Å². The highest BCUT2D eigenvalue weighted by Crippen LogP contribution is 2.38. The van der Waals surface area contributed by atoms with Crippen LogP contribution in [0.5, 0.6) is 5.75 Å². The zero-order valence-electron chi connectivity index (χ0n) is 17.6. The quantitative estimate of drug-likeness (QED) is 0.620. The van der Waals surface area contributed by atoms with Crippen molar-refractivity contribution in [2.75, 3.05) is 13.7 Å². The van der Waals surface area contributed by atoms with E-state index < -0.39 is 36.0 Å². The number of esters is 1. The van der Waals surface area contributed by atoms with Gasteiger partial charge in [0.1, 0.15) is 5.75 Å². The number of amides is 4. The van der Waals surface area contributed by atoms with E-state index in [1.807, 2.05) is 24.4 Å². The molecule has 3 atom stereocenters. The molecular formula is C21H29N3O6. The van der Waals surface area contributed by atoms with Crippen LogP contribution in [-0.4, -0.2) is 48.5 Å². The highest BCUT2D eigenvalue weighted by Gasteiger charge is 2.42. The summed E-state index contributed by atoms with van der Waals surface area (Å²) in [5.74, 6) is -1.40. The van der Waals surface area contributed by atoms with Gasteiger partial charge in [-0.25, -0.2) is 4.79 Å². The van der Waals surface area contributed by atoms with Crippen molar-refractivity contribution < 1.29 is 28.7 Å². The number of unbranched alkanes of at least 4 members (excludes halogenated alkanes) is 1. The number of piperidine rings is 1. The molecule has 1 aliphatic heterocycles. The molecule has 1 aromatic carbocycles. The van der Waals surface area contributed by atoms with E-state index in [0.717, 1.165) is 18.4 Å². The van der Waals surface area contributed by atoms with Crippen LogP contribution in [0.4, 0.5) is 4.79 Å². The van der Waals surface area contributed by atoms with E-state index in [0.29, 0.717) is 18.7 Å². The summed E-state index contributed by atoms with van der Waals surface area (Å²) in [4.78, 5) is 50.1. The van der Waals surface area contributed by atoms with Crippen LogP contribution in [0.15, 0.2) is 24.3 Å². The first kappa shape index (κ1) is 23.2. The third-order valence-corrected chi connectivity index (χ3v) is 5.13. The second-order valence-corrected chi connectivity index (χ2v) is 7.24. The number of ether oxygens (including phenoxy) is 2. The third kappa shape index (κ3) is 5.71. The van der Waals surface area contributed by atoms with E-state index in [4.69, 9.17) is 15.2 Å². The smallest absolute Gasteiger partial charge is 0.318 e. The Kier molecular flexibility index (Phi) is 8.20. The molecule has 0 aliphatic carbocycles. The third-order valence-electron chi connectivity index (χ3n) is 5.13. The Morgan fingerprint density at radius 3 is 2.50 bits per heavy atom. The number of nitrogens with zero attached hydrogens (tertiary/aromatic N) is 1. The molecule has 2 rings (SSSR count). The zero-order chi connectivity index (χ0) is 22.3. The van der Waals surface area contributed by atoms with Crippen LogP contribution < -0.4 is 15.8 Å². The lowest BCUT2D eigenvalue weighted by molar-refractivity contribution is -0.164. The highest BCUT2D eigenvalue weighted by molar-refractivity contribution is 5.96. The molecule has 1 saturated heterocycles. The lowest BCUT2D eigenvalue weighted by Gasteiger charge is -2.40. The summed E-state index contributed by atoms with van der Waals surface area (Å²) >= 11 is 0. The summed E-state index contributed by atoms with van der Waals surface area (Å²) in [6, 6.07) is 5.67. The van der Waals surface area contributed by atoms with Crippen molar-refractivity contribution in [1.29, 1.82) is 0 Å². The number of primary amides is 1. The lowest BCUT2D eigenvalue weighted by Crippen LogP contribution is -2.48. The van der Waals surface area contributed by atoms with Crippen LogP contribution >= 0.6 is 0 Å². The number of imide groups is 1. The number of hydrogen-bond acceptors (Lipinski definition) is 6. The minimum atomic E-state index is -1.19. The summed E-state index contributed by atoms with van der Waals surface area (Å²) in [5, 5.41) is 1.89. The maximum absolute atomic E-state index is 13.0. The molecule has 1 heterocycles. The Bertz CT molecular complexity index is 779. The fraction of sp³-hybridized carbons (Fsp3) is 0.524. The second-order valence-electron chi connectivity index (χ2n) is 7.24. The molecule has 0 bridgehead atoms. The van der Waals surface area contributed by atoms with Gasteiger partial charge in [0, 0.05) is 13.0 Å². The fourth-order valence-electron chi connectivity index (χ4n) is 3.54. The Balaban J connectivity index is 2.29. The standard InChI is InChI=1S/C21H29N3O6/c1-4-5-12-24-17(25)11-10-16(18(24)14-6-8-15(29-3)9-7-14)20(27)30-13(2)19(26)23-21(22)28/h6-9,13,16,18H,4-5,10-12H2,1-3H3,(H3,22,23,26,28)/t13-,16+,18+/m0/s1. The van der Waals surface area contributed by atoms with E-state index in [1.165, 1.54) is 6.92 Å². The number of hydrogen-bond donors (Lipinski definition) is 2. The number of likely N-dealkylation sites (tertiary alicyclic amines) is 1. The molecular weight excluding hydrogens is 390 g/mol. The van der Waals surface area contributed by atoms with E-state index in [-0.39, 0.29) is 12.3 Å². The number of benzene rings is 1. The van der Waals surface area contributed by atoms with Crippen LogP contribution in [0.25, 0.3) is 0 Å². The number of urea groups is 1. The van der Waals surface area contributed by atoms with Crippen LogP contribution in [0.1, 0.15) is 51.1 Å². The minimum absolute atomic E-state index is 0.0205. The summed E-state index contributed by atoms with van der Waals surface area (Å²) in [5.41, 5.74) is 5.73. The Morgan fingerprint density at radius 1 is 1.27 bits per heavy atom. The topological polar surface area (TPSA) is 128 Å². The van der Waals surface area contributed by atoms with E-state index >= 15 is 0 Å². The van der Waals surface area contributed by atoms with Crippen molar-refractivity contribution in [3.63, 3.8) is 0 Å². The number of methoxy groups -OCH3 is 1. The summed E-state index contributed by atoms with van der Waals surface area (Å²) in [6.07, 6.45) is 1.04. The Hall–Kier alpha value is -3.10. The van der Waals surface area contributed by atoms with Gasteiger partial charge in [0.25, 0.3) is 5.91 Å². The maximum Gasteiger partial charge on any atom is 0.318 e. The zero-order valence-corrected chi connectivity index (χ0v) is 17.6. The first-order valence-corrected chi connectivity index (χ1v) is 10.0. The van der Waals surface area contributed by atoms with Crippen molar-refractivity contribution in [1.82, 2.24) is 10.2 Å². The average molecular weight is 419 g/mol. The maximum atomic E-state index is 13.0. The van der Waals surface area contributed by atoms with Gasteiger partial charge in [-0.1, -0.05) is 25.5 Å². The van der Waals surface area contributed by atoms with Crippen molar-refractivity contribution >= 4 is 23.8 Å². The number of rotatable bonds is 8. The van der Waals surface area contributed by atoms with Crippen LogP contribution in [-0.2, 0) is 19.1 Å². The fourth-order valence-corrected chi connectivity index (χ4v) is 3.54. The first-order chi connectivity index (χ1) is 14.3. The predicted molar refractivity (Wildman–Crippen MR) is 108 cm³/mol. The molecule has 1 fully saturated rings. The Labute approximate surface area is 175 Å². The average Bonchev–Trinajstić information content (AvgIpc) is 2.72. The predicted octanol–water partition coefficient (Wildman–Crippen LogP) is 1.90. The largest absolute Gasteiger partial charge is 0.497 e. The van der Waals surface area contributed by atoms with Gasteiger partial charge in [-0.3, -0.25) is 19.7 Å². The molecule has 0 aromatic heterocycles. The molecule has 1 aromatic rings. The van der Waals surface area contributed by atoms with Crippen molar-refractivity contribution in [2.45, 2.75) is 51.7 Å². The molecule has 0 unspecified atom stereocenters. The second kappa shape index (κ2) is 10.6. The van der Waals surface area contributed by atoms with Crippen LogP contribution in [0, 0.1) is 5.92 Å². The monoisotopic (exact) mass is 419 g/mol. The summed E-state index contributed by atoms with van der Waals surface area (Å²) < 4.78 is 10.5. The van der Waals surface area contributed by atoms with Crippen LogP contribution in [0.2, 0.25) is 0 Å². The molecule has 0 spiro atoms. The van der Waals surface area contributed by atoms with Gasteiger partial charge in [0.15, 0.2) is 6.10 Å². The molecule has 0 radical (unpaired) electrons. The number of carbonyl (C=O) groups is 4. The van der Waals surface area contributed by atoms with Crippen molar-refractivity contribution in [2.24, 2.45) is 11.7 Å². The molecule has 164 valence electrons. The van der Waals surface area contributed by atoms with Crippen molar-refractivity contribution in [3.05, 3.63) is 29.8 Å².